The van der Waals surface area contributed by atoms with Gasteiger partial charge in [-0.05, 0) is 38.6 Å². The molecule has 0 amide bonds. The van der Waals surface area contributed by atoms with E-state index in [-0.39, 0.29) is 5.82 Å². The molecule has 1 atom stereocenters. The van der Waals surface area contributed by atoms with E-state index >= 15 is 0 Å². The van der Waals surface area contributed by atoms with E-state index in [0.29, 0.717) is 23.0 Å². The zero-order chi connectivity index (χ0) is 18.8. The Morgan fingerprint density at radius 2 is 1.96 bits per heavy atom. The Bertz CT molecular complexity index is 962. The van der Waals surface area contributed by atoms with Crippen LogP contribution in [-0.4, -0.2) is 48.4 Å². The average molecular weight is 366 g/mol. The standard InChI is InChI=1S/C21H23FN4O/c1-26-11-5-6-14(13-26)23-21-17-8-4-3-7-16(17)20(24-25-21)18-10-9-15(27-2)12-19(18)22/h3-4,7-10,12,14H,5-6,11,13H2,1-2H3,(H,23,25)/t14-/m1/s1. The number of nitrogens with one attached hydrogen (secondary N) is 1. The minimum Gasteiger partial charge on any atom is -0.497 e. The highest BCUT2D eigenvalue weighted by molar-refractivity contribution is 6.00. The Kier molecular flexibility index (Phi) is 4.90. The third-order valence-electron chi connectivity index (χ3n) is 5.08. The van der Waals surface area contributed by atoms with Crippen LogP contribution < -0.4 is 10.1 Å². The molecule has 0 saturated carbocycles. The van der Waals surface area contributed by atoms with Crippen LogP contribution >= 0.6 is 0 Å². The van der Waals surface area contributed by atoms with Crippen LogP contribution in [0.4, 0.5) is 10.2 Å². The fourth-order valence-corrected chi connectivity index (χ4v) is 3.70. The summed E-state index contributed by atoms with van der Waals surface area (Å²) < 4.78 is 19.7. The molecule has 6 heteroatoms. The second kappa shape index (κ2) is 7.48. The summed E-state index contributed by atoms with van der Waals surface area (Å²) >= 11 is 0. The van der Waals surface area contributed by atoms with Crippen LogP contribution in [0.5, 0.6) is 5.75 Å². The monoisotopic (exact) mass is 366 g/mol. The maximum atomic E-state index is 14.6. The van der Waals surface area contributed by atoms with Crippen molar-refractivity contribution in [2.45, 2.75) is 18.9 Å². The summed E-state index contributed by atoms with van der Waals surface area (Å²) in [7, 11) is 3.65. The molecule has 0 bridgehead atoms. The molecule has 1 aliphatic heterocycles. The minimum atomic E-state index is -0.372. The van der Waals surface area contributed by atoms with Crippen LogP contribution in [0.2, 0.25) is 0 Å². The molecule has 1 aliphatic rings. The number of methoxy groups -OCH3 is 1. The van der Waals surface area contributed by atoms with Crippen molar-refractivity contribution in [2.75, 3.05) is 32.6 Å². The molecule has 3 aromatic rings. The highest BCUT2D eigenvalue weighted by Crippen LogP contribution is 2.33. The SMILES string of the molecule is COc1ccc(-c2nnc(N[C@@H]3CCCN(C)C3)c3ccccc23)c(F)c1. The molecule has 1 fully saturated rings. The summed E-state index contributed by atoms with van der Waals surface area (Å²) in [5.41, 5.74) is 0.959. The Labute approximate surface area is 158 Å². The summed E-state index contributed by atoms with van der Waals surface area (Å²) in [5, 5.41) is 14.1. The maximum Gasteiger partial charge on any atom is 0.156 e. The smallest absolute Gasteiger partial charge is 0.156 e. The van der Waals surface area contributed by atoms with Crippen LogP contribution in [0.1, 0.15) is 12.8 Å². The second-order valence-electron chi connectivity index (χ2n) is 7.03. The van der Waals surface area contributed by atoms with Crippen molar-refractivity contribution in [3.05, 3.63) is 48.3 Å². The number of rotatable bonds is 4. The lowest BCUT2D eigenvalue weighted by Crippen LogP contribution is -2.40. The first-order chi connectivity index (χ1) is 13.2. The summed E-state index contributed by atoms with van der Waals surface area (Å²) in [5.74, 6) is 0.861. The summed E-state index contributed by atoms with van der Waals surface area (Å²) in [6, 6.07) is 13.0. The van der Waals surface area contributed by atoms with E-state index in [1.165, 1.54) is 13.2 Å². The van der Waals surface area contributed by atoms with Gasteiger partial charge in [0, 0.05) is 35.0 Å². The summed E-state index contributed by atoms with van der Waals surface area (Å²) in [4.78, 5) is 2.32. The number of hydrogen-bond donors (Lipinski definition) is 1. The fraction of sp³-hybridized carbons (Fsp3) is 0.333. The van der Waals surface area contributed by atoms with Gasteiger partial charge in [-0.2, -0.15) is 0 Å². The van der Waals surface area contributed by atoms with Crippen molar-refractivity contribution >= 4 is 16.6 Å². The van der Waals surface area contributed by atoms with Crippen LogP contribution in [0.25, 0.3) is 22.0 Å². The topological polar surface area (TPSA) is 50.3 Å². The van der Waals surface area contributed by atoms with Crippen molar-refractivity contribution in [3.63, 3.8) is 0 Å². The molecular weight excluding hydrogens is 343 g/mol. The van der Waals surface area contributed by atoms with Crippen LogP contribution in [0.15, 0.2) is 42.5 Å². The molecular formula is C21H23FN4O. The average Bonchev–Trinajstić information content (AvgIpc) is 2.68. The van der Waals surface area contributed by atoms with Gasteiger partial charge < -0.3 is 15.0 Å². The highest BCUT2D eigenvalue weighted by atomic mass is 19.1. The Morgan fingerprint density at radius 3 is 2.70 bits per heavy atom. The first-order valence-electron chi connectivity index (χ1n) is 9.20. The predicted octanol–water partition coefficient (Wildman–Crippen LogP) is 3.95. The third kappa shape index (κ3) is 3.57. The van der Waals surface area contributed by atoms with E-state index < -0.39 is 0 Å². The largest absolute Gasteiger partial charge is 0.497 e. The van der Waals surface area contributed by atoms with Gasteiger partial charge in [0.1, 0.15) is 17.3 Å². The lowest BCUT2D eigenvalue weighted by Gasteiger charge is -2.30. The number of fused-ring (bicyclic) bond motifs is 1. The molecule has 0 radical (unpaired) electrons. The number of nitrogens with zero attached hydrogens (tertiary/aromatic N) is 3. The fourth-order valence-electron chi connectivity index (χ4n) is 3.70. The Hall–Kier alpha value is -2.73. The van der Waals surface area contributed by atoms with Gasteiger partial charge >= 0.3 is 0 Å². The minimum absolute atomic E-state index is 0.338. The molecule has 0 spiro atoms. The van der Waals surface area contributed by atoms with Crippen molar-refractivity contribution in [1.82, 2.24) is 15.1 Å². The van der Waals surface area contributed by atoms with E-state index in [4.69, 9.17) is 4.74 Å². The number of benzene rings is 2. The number of likely N-dealkylation sites (tertiary alicyclic amines) is 1. The zero-order valence-electron chi connectivity index (χ0n) is 15.6. The highest BCUT2D eigenvalue weighted by Gasteiger charge is 2.20. The maximum absolute atomic E-state index is 14.6. The van der Waals surface area contributed by atoms with E-state index in [9.17, 15) is 4.39 Å². The molecule has 2 heterocycles. The molecule has 1 aromatic heterocycles. The lowest BCUT2D eigenvalue weighted by atomic mass is 10.0. The first kappa shape index (κ1) is 17.7. The number of halogens is 1. The summed E-state index contributed by atoms with van der Waals surface area (Å²) in [6.07, 6.45) is 2.27. The summed E-state index contributed by atoms with van der Waals surface area (Å²) in [6.45, 7) is 2.10. The van der Waals surface area contributed by atoms with E-state index in [0.717, 1.165) is 42.5 Å². The molecule has 1 saturated heterocycles. The first-order valence-corrected chi connectivity index (χ1v) is 9.20. The van der Waals surface area contributed by atoms with Crippen LogP contribution in [0, 0.1) is 5.82 Å². The third-order valence-corrected chi connectivity index (χ3v) is 5.08. The Balaban J connectivity index is 1.74. The molecule has 2 aromatic carbocycles. The number of hydrogen-bond acceptors (Lipinski definition) is 5. The van der Waals surface area contributed by atoms with Crippen molar-refractivity contribution < 1.29 is 9.13 Å². The van der Waals surface area contributed by atoms with Gasteiger partial charge in [0.15, 0.2) is 5.82 Å². The van der Waals surface area contributed by atoms with Crippen molar-refractivity contribution in [2.24, 2.45) is 0 Å². The van der Waals surface area contributed by atoms with E-state index in [1.54, 1.807) is 12.1 Å². The van der Waals surface area contributed by atoms with Gasteiger partial charge in [0.25, 0.3) is 0 Å². The van der Waals surface area contributed by atoms with Gasteiger partial charge in [-0.1, -0.05) is 24.3 Å². The second-order valence-corrected chi connectivity index (χ2v) is 7.03. The Morgan fingerprint density at radius 1 is 1.15 bits per heavy atom. The van der Waals surface area contributed by atoms with Gasteiger partial charge in [-0.3, -0.25) is 0 Å². The van der Waals surface area contributed by atoms with E-state index in [1.807, 2.05) is 24.3 Å². The van der Waals surface area contributed by atoms with E-state index in [2.05, 4.69) is 27.5 Å². The lowest BCUT2D eigenvalue weighted by molar-refractivity contribution is 0.261. The van der Waals surface area contributed by atoms with Gasteiger partial charge in [0.2, 0.25) is 0 Å². The van der Waals surface area contributed by atoms with Gasteiger partial charge in [-0.25, -0.2) is 4.39 Å². The number of likely N-dealkylation sites (N-methyl/N-ethyl adjacent to an activating group) is 1. The van der Waals surface area contributed by atoms with Crippen LogP contribution in [0.3, 0.4) is 0 Å². The molecule has 0 aliphatic carbocycles. The van der Waals surface area contributed by atoms with Gasteiger partial charge in [-0.15, -0.1) is 10.2 Å². The number of ether oxygens (including phenoxy) is 1. The van der Waals surface area contributed by atoms with Crippen LogP contribution in [-0.2, 0) is 0 Å². The molecule has 5 nitrogen and oxygen atoms in total. The van der Waals surface area contributed by atoms with Crippen molar-refractivity contribution in [3.8, 4) is 17.0 Å². The molecule has 27 heavy (non-hydrogen) atoms. The van der Waals surface area contributed by atoms with Gasteiger partial charge in [0.05, 0.1) is 7.11 Å². The molecule has 4 rings (SSSR count). The molecule has 140 valence electrons. The quantitative estimate of drug-likeness (QED) is 0.758. The normalized spacial score (nSPS) is 17.8. The number of piperidine rings is 1. The number of anilines is 1. The number of aromatic nitrogens is 2. The predicted molar refractivity (Wildman–Crippen MR) is 106 cm³/mol. The molecule has 0 unspecified atom stereocenters. The zero-order valence-corrected chi connectivity index (χ0v) is 15.6. The molecule has 1 N–H and O–H groups in total. The van der Waals surface area contributed by atoms with Crippen molar-refractivity contribution in [1.29, 1.82) is 0 Å².